The van der Waals surface area contributed by atoms with Crippen molar-refractivity contribution >= 4 is 0 Å². The molecular formula is C45H60O4. The topological polar surface area (TPSA) is 58.9 Å². The maximum atomic E-state index is 9.01. The summed E-state index contributed by atoms with van der Waals surface area (Å²) >= 11 is 0. The van der Waals surface area contributed by atoms with E-state index in [4.69, 9.17) is 19.7 Å². The van der Waals surface area contributed by atoms with Gasteiger partial charge in [0, 0.05) is 13.2 Å². The summed E-state index contributed by atoms with van der Waals surface area (Å²) in [5.74, 6) is 1.64. The van der Waals surface area contributed by atoms with Crippen LogP contribution >= 0.6 is 0 Å². The first kappa shape index (κ1) is 38.2. The van der Waals surface area contributed by atoms with Crippen LogP contribution in [0.4, 0.5) is 0 Å². The third-order valence-electron chi connectivity index (χ3n) is 9.62. The van der Waals surface area contributed by atoms with Crippen LogP contribution in [0.15, 0.2) is 109 Å². The molecule has 264 valence electrons. The normalized spacial score (nSPS) is 11.5. The minimum absolute atomic E-state index is 0.306. The summed E-state index contributed by atoms with van der Waals surface area (Å²) in [6, 6.07) is 39.1. The molecule has 0 radical (unpaired) electrons. The quantitative estimate of drug-likeness (QED) is 0.0518. The highest BCUT2D eigenvalue weighted by Gasteiger charge is 2.38. The Bertz CT molecular complexity index is 1290. The first-order valence-corrected chi connectivity index (χ1v) is 19.1. The maximum Gasteiger partial charge on any atom is 0.161 e. The van der Waals surface area contributed by atoms with Gasteiger partial charge >= 0.3 is 0 Å². The molecule has 4 aromatic rings. The summed E-state index contributed by atoms with van der Waals surface area (Å²) in [6.07, 6.45) is 18.3. The van der Waals surface area contributed by atoms with Gasteiger partial charge in [-0.05, 0) is 60.1 Å². The van der Waals surface area contributed by atoms with Crippen LogP contribution in [-0.2, 0) is 5.41 Å². The van der Waals surface area contributed by atoms with Gasteiger partial charge < -0.3 is 19.7 Å². The van der Waals surface area contributed by atoms with Crippen LogP contribution in [0, 0.1) is 0 Å². The van der Waals surface area contributed by atoms with Crippen molar-refractivity contribution in [2.45, 2.75) is 108 Å². The second kappa shape index (κ2) is 22.9. The lowest BCUT2D eigenvalue weighted by Crippen LogP contribution is -2.31. The number of aliphatic hydroxyl groups excluding tert-OH is 2. The number of rotatable bonds is 26. The standard InChI is InChI=1S/C45H60O4/c46-34-22-9-5-1-3-7-11-24-36-48-43-33-32-42(38-44(43)49-37-25-12-8-4-2-6-10-23-35-47)45(39-26-16-13-17-27-39,40-28-18-14-19-29-40)41-30-20-15-21-31-41/h13-21,26-33,38,46-47H,1-12,22-25,34-37H2. The Balaban J connectivity index is 1.53. The lowest BCUT2D eigenvalue weighted by molar-refractivity contribution is 0.257. The maximum absolute atomic E-state index is 9.01. The van der Waals surface area contributed by atoms with E-state index in [-0.39, 0.29) is 0 Å². The molecule has 0 bridgehead atoms. The Hall–Kier alpha value is -3.60. The molecule has 0 atom stereocenters. The van der Waals surface area contributed by atoms with Gasteiger partial charge in [-0.15, -0.1) is 0 Å². The van der Waals surface area contributed by atoms with Gasteiger partial charge in [0.1, 0.15) is 0 Å². The average molecular weight is 665 g/mol. The van der Waals surface area contributed by atoms with Crippen LogP contribution in [-0.4, -0.2) is 36.6 Å². The van der Waals surface area contributed by atoms with E-state index >= 15 is 0 Å². The number of benzene rings is 4. The smallest absolute Gasteiger partial charge is 0.161 e. The zero-order valence-electron chi connectivity index (χ0n) is 29.7. The fraction of sp³-hybridized carbons (Fsp3) is 0.467. The van der Waals surface area contributed by atoms with Crippen molar-refractivity contribution in [1.82, 2.24) is 0 Å². The van der Waals surface area contributed by atoms with Crippen molar-refractivity contribution in [2.24, 2.45) is 0 Å². The molecule has 0 aromatic heterocycles. The first-order chi connectivity index (χ1) is 24.3. The largest absolute Gasteiger partial charge is 0.490 e. The van der Waals surface area contributed by atoms with Gasteiger partial charge in [-0.2, -0.15) is 0 Å². The highest BCUT2D eigenvalue weighted by atomic mass is 16.5. The molecule has 0 aliphatic heterocycles. The summed E-state index contributed by atoms with van der Waals surface area (Å²) in [7, 11) is 0. The van der Waals surface area contributed by atoms with Gasteiger partial charge in [0.15, 0.2) is 11.5 Å². The highest BCUT2D eigenvalue weighted by Crippen LogP contribution is 2.47. The Morgan fingerprint density at radius 1 is 0.347 bits per heavy atom. The fourth-order valence-electron chi connectivity index (χ4n) is 6.95. The zero-order valence-corrected chi connectivity index (χ0v) is 29.7. The van der Waals surface area contributed by atoms with Crippen molar-refractivity contribution in [3.63, 3.8) is 0 Å². The first-order valence-electron chi connectivity index (χ1n) is 19.1. The molecule has 0 fully saturated rings. The van der Waals surface area contributed by atoms with Gasteiger partial charge in [0.05, 0.1) is 18.6 Å². The third kappa shape index (κ3) is 12.0. The van der Waals surface area contributed by atoms with Crippen molar-refractivity contribution in [2.75, 3.05) is 26.4 Å². The molecule has 0 aliphatic rings. The lowest BCUT2D eigenvalue weighted by Gasteiger charge is -2.37. The summed E-state index contributed by atoms with van der Waals surface area (Å²) in [4.78, 5) is 0. The van der Waals surface area contributed by atoms with E-state index in [2.05, 4.69) is 109 Å². The van der Waals surface area contributed by atoms with Crippen LogP contribution < -0.4 is 9.47 Å². The molecule has 0 unspecified atom stereocenters. The van der Waals surface area contributed by atoms with Crippen molar-refractivity contribution in [1.29, 1.82) is 0 Å². The molecule has 2 N–H and O–H groups in total. The summed E-state index contributed by atoms with van der Waals surface area (Å²) < 4.78 is 13.1. The van der Waals surface area contributed by atoms with Gasteiger partial charge in [-0.25, -0.2) is 0 Å². The van der Waals surface area contributed by atoms with E-state index in [1.54, 1.807) is 0 Å². The molecule has 0 amide bonds. The summed E-state index contributed by atoms with van der Waals surface area (Å²) in [6.45, 7) is 1.95. The second-order valence-corrected chi connectivity index (χ2v) is 13.3. The van der Waals surface area contributed by atoms with Gasteiger partial charge in [-0.3, -0.25) is 0 Å². The van der Waals surface area contributed by atoms with E-state index in [1.807, 2.05) is 0 Å². The molecule has 4 nitrogen and oxygen atoms in total. The van der Waals surface area contributed by atoms with Gasteiger partial charge in [0.2, 0.25) is 0 Å². The van der Waals surface area contributed by atoms with Gasteiger partial charge in [-0.1, -0.05) is 174 Å². The Kier molecular flexibility index (Phi) is 17.9. The molecule has 0 spiro atoms. The van der Waals surface area contributed by atoms with Crippen LogP contribution in [0.25, 0.3) is 0 Å². The fourth-order valence-corrected chi connectivity index (χ4v) is 6.95. The predicted molar refractivity (Wildman–Crippen MR) is 204 cm³/mol. The summed E-state index contributed by atoms with van der Waals surface area (Å²) in [5.41, 5.74) is 4.25. The number of ether oxygens (including phenoxy) is 2. The molecule has 4 aromatic carbocycles. The predicted octanol–water partition coefficient (Wildman–Crippen LogP) is 11.1. The molecule has 4 rings (SSSR count). The van der Waals surface area contributed by atoms with Crippen molar-refractivity contribution in [3.8, 4) is 11.5 Å². The summed E-state index contributed by atoms with van der Waals surface area (Å²) in [5, 5.41) is 18.0. The van der Waals surface area contributed by atoms with Crippen molar-refractivity contribution in [3.05, 3.63) is 131 Å². The monoisotopic (exact) mass is 664 g/mol. The van der Waals surface area contributed by atoms with Crippen molar-refractivity contribution < 1.29 is 19.7 Å². The Labute approximate surface area is 296 Å². The molecule has 4 heteroatoms. The van der Waals surface area contributed by atoms with Crippen LogP contribution in [0.1, 0.15) is 125 Å². The van der Waals surface area contributed by atoms with Crippen LogP contribution in [0.3, 0.4) is 0 Å². The lowest BCUT2D eigenvalue weighted by atomic mass is 9.65. The minimum atomic E-state index is -0.534. The Morgan fingerprint density at radius 2 is 0.694 bits per heavy atom. The van der Waals surface area contributed by atoms with E-state index in [0.29, 0.717) is 26.4 Å². The number of hydrogen-bond donors (Lipinski definition) is 2. The molecule has 0 saturated heterocycles. The number of hydrogen-bond acceptors (Lipinski definition) is 4. The van der Waals surface area contributed by atoms with Crippen LogP contribution in [0.2, 0.25) is 0 Å². The SMILES string of the molecule is OCCCCCCCCCCOc1ccc(C(c2ccccc2)(c2ccccc2)c2ccccc2)cc1OCCCCCCCCCCO. The molecular weight excluding hydrogens is 604 g/mol. The molecule has 0 heterocycles. The number of unbranched alkanes of at least 4 members (excludes halogenated alkanes) is 14. The van der Waals surface area contributed by atoms with E-state index in [1.165, 1.54) is 68.1 Å². The second-order valence-electron chi connectivity index (χ2n) is 13.3. The third-order valence-corrected chi connectivity index (χ3v) is 9.62. The van der Waals surface area contributed by atoms with E-state index in [0.717, 1.165) is 68.4 Å². The van der Waals surface area contributed by atoms with Gasteiger partial charge in [0.25, 0.3) is 0 Å². The molecule has 0 aliphatic carbocycles. The average Bonchev–Trinajstić information content (AvgIpc) is 3.15. The molecule has 49 heavy (non-hydrogen) atoms. The molecule has 0 saturated carbocycles. The Morgan fingerprint density at radius 3 is 1.08 bits per heavy atom. The van der Waals surface area contributed by atoms with Crippen LogP contribution in [0.5, 0.6) is 11.5 Å². The van der Waals surface area contributed by atoms with E-state index < -0.39 is 5.41 Å². The number of aliphatic hydroxyl groups is 2. The highest BCUT2D eigenvalue weighted by molar-refractivity contribution is 5.62. The van der Waals surface area contributed by atoms with E-state index in [9.17, 15) is 0 Å². The zero-order chi connectivity index (χ0) is 34.2. The minimum Gasteiger partial charge on any atom is -0.490 e.